The molecule has 2 unspecified atom stereocenters. The quantitative estimate of drug-likeness (QED) is 0.395. The van der Waals surface area contributed by atoms with Gasteiger partial charge in [-0.2, -0.15) is 0 Å². The first-order valence-corrected chi connectivity index (χ1v) is 13.9. The predicted octanol–water partition coefficient (Wildman–Crippen LogP) is 3.80. The summed E-state index contributed by atoms with van der Waals surface area (Å²) in [6, 6.07) is 13.4. The Hall–Kier alpha value is -2.82. The number of ether oxygens (including phenoxy) is 3. The minimum absolute atomic E-state index is 0.0827. The Morgan fingerprint density at radius 1 is 1.15 bits per heavy atom. The number of anilines is 1. The van der Waals surface area contributed by atoms with Crippen LogP contribution >= 0.6 is 23.2 Å². The molecule has 9 nitrogen and oxygen atoms in total. The number of nitrogens with one attached hydrogen (secondary N) is 1. The Morgan fingerprint density at radius 3 is 2.64 bits per heavy atom. The first-order chi connectivity index (χ1) is 18.9. The van der Waals surface area contributed by atoms with Crippen LogP contribution in [0.25, 0.3) is 0 Å². The van der Waals surface area contributed by atoms with Crippen molar-refractivity contribution in [2.75, 3.05) is 57.4 Å². The van der Waals surface area contributed by atoms with Gasteiger partial charge in [0.1, 0.15) is 18.5 Å². The number of carbonyl (C=O) groups is 1. The van der Waals surface area contributed by atoms with Crippen LogP contribution in [0.2, 0.25) is 10.0 Å². The number of rotatable bonds is 10. The molecule has 5 rings (SSSR count). The highest BCUT2D eigenvalue weighted by Gasteiger charge is 2.45. The van der Waals surface area contributed by atoms with Crippen molar-refractivity contribution in [2.45, 2.75) is 25.4 Å². The second kappa shape index (κ2) is 12.6. The second-order valence-electron chi connectivity index (χ2n) is 9.68. The number of benzene rings is 2. The summed E-state index contributed by atoms with van der Waals surface area (Å²) in [5.74, 6) is -0.243. The van der Waals surface area contributed by atoms with E-state index in [9.17, 15) is 4.79 Å². The SMILES string of the molecule is CCNC(=O)CN1CCN(c2ccc(OCC3COC(Cn4ccnc4)(c4ccc(Cl)cc4Cl)O3)cc2)CC1. The largest absolute Gasteiger partial charge is 0.491 e. The molecule has 2 atom stereocenters. The summed E-state index contributed by atoms with van der Waals surface area (Å²) < 4.78 is 20.7. The molecule has 11 heteroatoms. The van der Waals surface area contributed by atoms with Crippen LogP contribution in [0.3, 0.4) is 0 Å². The summed E-state index contributed by atoms with van der Waals surface area (Å²) in [5, 5.41) is 3.88. The topological polar surface area (TPSA) is 81.1 Å². The maximum Gasteiger partial charge on any atom is 0.234 e. The lowest BCUT2D eigenvalue weighted by molar-refractivity contribution is -0.189. The van der Waals surface area contributed by atoms with Crippen molar-refractivity contribution in [1.82, 2.24) is 19.8 Å². The minimum atomic E-state index is -1.08. The van der Waals surface area contributed by atoms with Gasteiger partial charge in [-0.25, -0.2) is 4.98 Å². The van der Waals surface area contributed by atoms with Crippen molar-refractivity contribution in [3.05, 3.63) is 76.8 Å². The molecule has 0 saturated carbocycles. The molecule has 2 aromatic carbocycles. The van der Waals surface area contributed by atoms with Gasteiger partial charge in [-0.1, -0.05) is 29.3 Å². The van der Waals surface area contributed by atoms with E-state index in [1.54, 1.807) is 24.7 Å². The third-order valence-corrected chi connectivity index (χ3v) is 7.45. The zero-order chi connectivity index (χ0) is 27.2. The molecule has 2 saturated heterocycles. The number of aromatic nitrogens is 2. The van der Waals surface area contributed by atoms with E-state index >= 15 is 0 Å². The Balaban J connectivity index is 1.16. The van der Waals surface area contributed by atoms with Crippen molar-refractivity contribution in [1.29, 1.82) is 0 Å². The Morgan fingerprint density at radius 2 is 1.95 bits per heavy atom. The van der Waals surface area contributed by atoms with Crippen molar-refractivity contribution in [3.63, 3.8) is 0 Å². The lowest BCUT2D eigenvalue weighted by Gasteiger charge is -2.35. The molecular formula is C28H33Cl2N5O4. The Bertz CT molecular complexity index is 1240. The van der Waals surface area contributed by atoms with E-state index in [-0.39, 0.29) is 12.0 Å². The molecule has 3 aromatic rings. The van der Waals surface area contributed by atoms with Crippen LogP contribution in [0.1, 0.15) is 12.5 Å². The number of likely N-dealkylation sites (N-methyl/N-ethyl adjacent to an activating group) is 1. The van der Waals surface area contributed by atoms with Gasteiger partial charge in [0.25, 0.3) is 0 Å². The fourth-order valence-electron chi connectivity index (χ4n) is 4.94. The van der Waals surface area contributed by atoms with Gasteiger partial charge < -0.3 is 29.0 Å². The number of amides is 1. The summed E-state index contributed by atoms with van der Waals surface area (Å²) in [5.41, 5.74) is 1.84. The summed E-state index contributed by atoms with van der Waals surface area (Å²) in [7, 11) is 0. The average Bonchev–Trinajstić information content (AvgIpc) is 3.59. The van der Waals surface area contributed by atoms with E-state index in [1.165, 1.54) is 0 Å². The normalized spacial score (nSPS) is 21.7. The summed E-state index contributed by atoms with van der Waals surface area (Å²) >= 11 is 12.7. The molecule has 0 radical (unpaired) electrons. The van der Waals surface area contributed by atoms with Gasteiger partial charge in [-0.3, -0.25) is 9.69 Å². The fourth-order valence-corrected chi connectivity index (χ4v) is 5.49. The summed E-state index contributed by atoms with van der Waals surface area (Å²) in [6.45, 7) is 7.58. The Labute approximate surface area is 238 Å². The highest BCUT2D eigenvalue weighted by atomic mass is 35.5. The molecule has 0 aliphatic carbocycles. The molecule has 0 bridgehead atoms. The van der Waals surface area contributed by atoms with Crippen LogP contribution in [0.4, 0.5) is 5.69 Å². The first-order valence-electron chi connectivity index (χ1n) is 13.1. The fraction of sp³-hybridized carbons (Fsp3) is 0.429. The van der Waals surface area contributed by atoms with Gasteiger partial charge in [0.05, 0.1) is 31.0 Å². The van der Waals surface area contributed by atoms with Crippen LogP contribution in [0.5, 0.6) is 5.75 Å². The van der Waals surface area contributed by atoms with Gasteiger partial charge in [0.2, 0.25) is 11.7 Å². The summed E-state index contributed by atoms with van der Waals surface area (Å²) in [4.78, 5) is 20.5. The highest BCUT2D eigenvalue weighted by molar-refractivity contribution is 6.35. The monoisotopic (exact) mass is 573 g/mol. The second-order valence-corrected chi connectivity index (χ2v) is 10.5. The number of imidazole rings is 1. The standard InChI is InChI=1S/C28H33Cl2N5O4/c1-2-32-27(36)16-33-11-13-35(14-12-33)22-4-6-23(7-5-22)37-17-24-18-38-28(39-24,19-34-10-9-31-20-34)25-8-3-21(29)15-26(25)30/h3-10,15,20,24H,2,11-14,16-19H2,1H3,(H,32,36). The molecule has 1 N–H and O–H groups in total. The number of halogens is 2. The van der Waals surface area contributed by atoms with Gasteiger partial charge in [-0.05, 0) is 43.3 Å². The molecule has 3 heterocycles. The van der Waals surface area contributed by atoms with Crippen LogP contribution in [0, 0.1) is 0 Å². The zero-order valence-electron chi connectivity index (χ0n) is 21.9. The maximum atomic E-state index is 11.9. The summed E-state index contributed by atoms with van der Waals surface area (Å²) in [6.07, 6.45) is 4.99. The van der Waals surface area contributed by atoms with Crippen molar-refractivity contribution in [2.24, 2.45) is 0 Å². The number of hydrogen-bond donors (Lipinski definition) is 1. The molecular weight excluding hydrogens is 541 g/mol. The average molecular weight is 575 g/mol. The third-order valence-electron chi connectivity index (χ3n) is 6.90. The van der Waals surface area contributed by atoms with Gasteiger partial charge in [0, 0.05) is 61.4 Å². The van der Waals surface area contributed by atoms with E-state index in [4.69, 9.17) is 37.4 Å². The van der Waals surface area contributed by atoms with E-state index in [1.807, 2.05) is 35.9 Å². The number of hydrogen-bond acceptors (Lipinski definition) is 7. The van der Waals surface area contributed by atoms with Crippen molar-refractivity contribution < 1.29 is 19.0 Å². The molecule has 2 fully saturated rings. The lowest BCUT2D eigenvalue weighted by Crippen LogP contribution is -2.49. The number of carbonyl (C=O) groups excluding carboxylic acids is 1. The molecule has 39 heavy (non-hydrogen) atoms. The van der Waals surface area contributed by atoms with E-state index in [0.717, 1.165) is 37.6 Å². The van der Waals surface area contributed by atoms with Crippen LogP contribution < -0.4 is 15.0 Å². The molecule has 1 amide bonds. The van der Waals surface area contributed by atoms with Crippen LogP contribution in [-0.2, 0) is 26.6 Å². The minimum Gasteiger partial charge on any atom is -0.491 e. The van der Waals surface area contributed by atoms with Crippen LogP contribution in [-0.4, -0.2) is 78.9 Å². The molecule has 2 aliphatic heterocycles. The van der Waals surface area contributed by atoms with Gasteiger partial charge in [0.15, 0.2) is 0 Å². The van der Waals surface area contributed by atoms with E-state index < -0.39 is 5.79 Å². The van der Waals surface area contributed by atoms with Gasteiger partial charge in [-0.15, -0.1) is 0 Å². The smallest absolute Gasteiger partial charge is 0.234 e. The van der Waals surface area contributed by atoms with E-state index in [0.29, 0.717) is 48.5 Å². The Kier molecular flexibility index (Phi) is 8.94. The molecule has 1 aromatic heterocycles. The van der Waals surface area contributed by atoms with E-state index in [2.05, 4.69) is 32.2 Å². The van der Waals surface area contributed by atoms with Crippen LogP contribution in [0.15, 0.2) is 61.2 Å². The number of nitrogens with zero attached hydrogens (tertiary/aromatic N) is 4. The van der Waals surface area contributed by atoms with Crippen molar-refractivity contribution >= 4 is 34.8 Å². The highest BCUT2D eigenvalue weighted by Crippen LogP contribution is 2.40. The third kappa shape index (κ3) is 6.85. The first kappa shape index (κ1) is 27.7. The predicted molar refractivity (Wildman–Crippen MR) is 150 cm³/mol. The maximum absolute atomic E-state index is 11.9. The van der Waals surface area contributed by atoms with Crippen molar-refractivity contribution in [3.8, 4) is 5.75 Å². The lowest BCUT2D eigenvalue weighted by atomic mass is 10.1. The number of piperazine rings is 1. The van der Waals surface area contributed by atoms with Gasteiger partial charge >= 0.3 is 0 Å². The molecule has 208 valence electrons. The molecule has 2 aliphatic rings. The molecule has 0 spiro atoms. The zero-order valence-corrected chi connectivity index (χ0v) is 23.4.